The molecule has 5 nitrogen and oxygen atoms in total. The Hall–Kier alpha value is -2.37. The number of para-hydroxylation sites is 1. The smallest absolute Gasteiger partial charge is 0.153 e. The number of benzene rings is 2. The van der Waals surface area contributed by atoms with Crippen molar-refractivity contribution < 1.29 is 20.1 Å². The van der Waals surface area contributed by atoms with Gasteiger partial charge in [-0.1, -0.05) is 18.2 Å². The van der Waals surface area contributed by atoms with Crippen molar-refractivity contribution in [2.45, 2.75) is 32.0 Å². The molecule has 0 unspecified atom stereocenters. The van der Waals surface area contributed by atoms with Gasteiger partial charge in [0.1, 0.15) is 5.75 Å². The summed E-state index contributed by atoms with van der Waals surface area (Å²) in [4.78, 5) is 14.5. The van der Waals surface area contributed by atoms with Crippen LogP contribution >= 0.6 is 0 Å². The van der Waals surface area contributed by atoms with Crippen molar-refractivity contribution in [3.63, 3.8) is 0 Å². The highest BCUT2D eigenvalue weighted by atomic mass is 16.3. The van der Waals surface area contributed by atoms with Crippen molar-refractivity contribution in [1.29, 1.82) is 0 Å². The van der Waals surface area contributed by atoms with Crippen LogP contribution in [0.25, 0.3) is 21.8 Å². The monoisotopic (exact) mass is 313 g/mol. The molecule has 0 aliphatic carbocycles. The average molecular weight is 313 g/mol. The summed E-state index contributed by atoms with van der Waals surface area (Å²) in [6.45, 7) is 3.00. The maximum atomic E-state index is 11.3. The predicted octanol–water partition coefficient (Wildman–Crippen LogP) is 2.51. The molecule has 0 radical (unpaired) electrons. The lowest BCUT2D eigenvalue weighted by atomic mass is 9.92. The number of aromatic nitrogens is 1. The molecular formula is C18H19NO4. The van der Waals surface area contributed by atoms with E-state index in [0.29, 0.717) is 17.4 Å². The number of hydrogen-bond acceptors (Lipinski definition) is 4. The molecule has 3 rings (SSSR count). The molecular weight excluding hydrogens is 294 g/mol. The second kappa shape index (κ2) is 5.37. The summed E-state index contributed by atoms with van der Waals surface area (Å²) in [5.74, 6) is -0.164. The van der Waals surface area contributed by atoms with Crippen molar-refractivity contribution in [1.82, 2.24) is 4.98 Å². The van der Waals surface area contributed by atoms with E-state index in [1.54, 1.807) is 6.07 Å². The summed E-state index contributed by atoms with van der Waals surface area (Å²) < 4.78 is 0. The van der Waals surface area contributed by atoms with Crippen LogP contribution in [-0.2, 0) is 6.42 Å². The number of carbonyl (C=O) groups is 1. The number of phenolic OH excluding ortho intramolecular Hbond substituents is 1. The van der Waals surface area contributed by atoms with Crippen LogP contribution in [0.2, 0.25) is 0 Å². The van der Waals surface area contributed by atoms with Gasteiger partial charge in [0, 0.05) is 28.3 Å². The van der Waals surface area contributed by atoms with E-state index in [1.165, 1.54) is 13.8 Å². The number of carbonyl (C=O) groups excluding carboxylic acids is 1. The quantitative estimate of drug-likeness (QED) is 0.557. The Kier molecular flexibility index (Phi) is 3.62. The van der Waals surface area contributed by atoms with E-state index >= 15 is 0 Å². The Morgan fingerprint density at radius 1 is 1.26 bits per heavy atom. The molecule has 0 spiro atoms. The summed E-state index contributed by atoms with van der Waals surface area (Å²) >= 11 is 0. The molecule has 23 heavy (non-hydrogen) atoms. The van der Waals surface area contributed by atoms with Gasteiger partial charge in [0.25, 0.3) is 0 Å². The van der Waals surface area contributed by atoms with E-state index in [0.717, 1.165) is 16.3 Å². The lowest BCUT2D eigenvalue weighted by Crippen LogP contribution is -2.37. The number of aromatic amines is 1. The first-order valence-corrected chi connectivity index (χ1v) is 7.43. The van der Waals surface area contributed by atoms with E-state index in [-0.39, 0.29) is 17.7 Å². The lowest BCUT2D eigenvalue weighted by Gasteiger charge is -2.25. The Morgan fingerprint density at radius 2 is 1.96 bits per heavy atom. The highest BCUT2D eigenvalue weighted by molar-refractivity contribution is 6.10. The highest BCUT2D eigenvalue weighted by Crippen LogP contribution is 2.36. The van der Waals surface area contributed by atoms with Gasteiger partial charge in [-0.05, 0) is 26.0 Å². The van der Waals surface area contributed by atoms with Crippen LogP contribution in [0.15, 0.2) is 30.3 Å². The van der Waals surface area contributed by atoms with E-state index in [4.69, 9.17) is 0 Å². The molecule has 0 aliphatic heterocycles. The van der Waals surface area contributed by atoms with Crippen LogP contribution in [0.4, 0.5) is 0 Å². The molecule has 120 valence electrons. The minimum Gasteiger partial charge on any atom is -0.507 e. The number of aliphatic hydroxyl groups excluding tert-OH is 1. The SMILES string of the molecule is CC(C)(O)[C@H](O)Cc1c(O)c(C=O)cc2c1[nH]c1ccccc12. The third kappa shape index (κ3) is 2.58. The fraction of sp³-hybridized carbons (Fsp3) is 0.278. The molecule has 2 aromatic carbocycles. The van der Waals surface area contributed by atoms with E-state index in [9.17, 15) is 20.1 Å². The van der Waals surface area contributed by atoms with Gasteiger partial charge >= 0.3 is 0 Å². The molecule has 1 atom stereocenters. The number of aliphatic hydroxyl groups is 2. The number of aromatic hydroxyl groups is 1. The third-order valence-electron chi connectivity index (χ3n) is 4.25. The van der Waals surface area contributed by atoms with Gasteiger partial charge in [0.15, 0.2) is 6.29 Å². The Balaban J connectivity index is 2.29. The van der Waals surface area contributed by atoms with Crippen molar-refractivity contribution in [2.75, 3.05) is 0 Å². The summed E-state index contributed by atoms with van der Waals surface area (Å²) in [5.41, 5.74) is 0.819. The predicted molar refractivity (Wildman–Crippen MR) is 88.9 cm³/mol. The van der Waals surface area contributed by atoms with Crippen molar-refractivity contribution in [2.24, 2.45) is 0 Å². The standard InChI is InChI=1S/C18H19NO4/c1-18(2,23)15(21)8-13-16-12(7-10(9-20)17(13)22)11-5-3-4-6-14(11)19-16/h3-7,9,15,19,21-23H,8H2,1-2H3/t15-/m1/s1. The summed E-state index contributed by atoms with van der Waals surface area (Å²) in [6, 6.07) is 9.26. The largest absolute Gasteiger partial charge is 0.507 e. The normalized spacial score (nSPS) is 13.6. The Bertz CT molecular complexity index is 889. The first kappa shape index (κ1) is 15.5. The van der Waals surface area contributed by atoms with Crippen LogP contribution in [-0.4, -0.2) is 38.3 Å². The number of fused-ring (bicyclic) bond motifs is 3. The first-order valence-electron chi connectivity index (χ1n) is 7.43. The molecule has 4 N–H and O–H groups in total. The molecule has 0 amide bonds. The second-order valence-electron chi connectivity index (χ2n) is 6.38. The van der Waals surface area contributed by atoms with Crippen molar-refractivity contribution >= 4 is 28.1 Å². The van der Waals surface area contributed by atoms with Gasteiger partial charge < -0.3 is 20.3 Å². The van der Waals surface area contributed by atoms with Gasteiger partial charge in [-0.3, -0.25) is 4.79 Å². The maximum Gasteiger partial charge on any atom is 0.153 e. The molecule has 0 fully saturated rings. The first-order chi connectivity index (χ1) is 10.8. The Morgan fingerprint density at radius 3 is 2.61 bits per heavy atom. The fourth-order valence-corrected chi connectivity index (χ4v) is 2.80. The summed E-state index contributed by atoms with van der Waals surface area (Å²) in [5, 5.41) is 32.3. The van der Waals surface area contributed by atoms with Crippen LogP contribution < -0.4 is 0 Å². The van der Waals surface area contributed by atoms with Gasteiger partial charge in [-0.15, -0.1) is 0 Å². The van der Waals surface area contributed by atoms with Crippen LogP contribution in [0, 0.1) is 0 Å². The number of hydrogen-bond donors (Lipinski definition) is 4. The number of nitrogens with one attached hydrogen (secondary N) is 1. The number of aldehydes is 1. The van der Waals surface area contributed by atoms with Crippen LogP contribution in [0.1, 0.15) is 29.8 Å². The van der Waals surface area contributed by atoms with Gasteiger partial charge in [0.05, 0.1) is 22.8 Å². The van der Waals surface area contributed by atoms with Gasteiger partial charge in [0.2, 0.25) is 0 Å². The number of rotatable bonds is 4. The highest BCUT2D eigenvalue weighted by Gasteiger charge is 2.27. The zero-order chi connectivity index (χ0) is 16.8. The zero-order valence-corrected chi connectivity index (χ0v) is 13.0. The molecule has 0 saturated carbocycles. The van der Waals surface area contributed by atoms with Crippen molar-refractivity contribution in [3.8, 4) is 5.75 Å². The molecule has 3 aromatic rings. The average Bonchev–Trinajstić information content (AvgIpc) is 2.87. The maximum absolute atomic E-state index is 11.3. The van der Waals surface area contributed by atoms with Gasteiger partial charge in [-0.25, -0.2) is 0 Å². The van der Waals surface area contributed by atoms with Crippen LogP contribution in [0.3, 0.4) is 0 Å². The minimum absolute atomic E-state index is 0.0281. The third-order valence-corrected chi connectivity index (χ3v) is 4.25. The molecule has 1 aromatic heterocycles. The molecule has 0 saturated heterocycles. The zero-order valence-electron chi connectivity index (χ0n) is 13.0. The fourth-order valence-electron chi connectivity index (χ4n) is 2.80. The molecule has 1 heterocycles. The van der Waals surface area contributed by atoms with E-state index < -0.39 is 11.7 Å². The Labute approximate surface area is 133 Å². The molecule has 0 bridgehead atoms. The molecule has 5 heteroatoms. The van der Waals surface area contributed by atoms with E-state index in [1.807, 2.05) is 24.3 Å². The summed E-state index contributed by atoms with van der Waals surface area (Å²) in [7, 11) is 0. The summed E-state index contributed by atoms with van der Waals surface area (Å²) in [6.07, 6.45) is -0.457. The topological polar surface area (TPSA) is 93.5 Å². The molecule has 0 aliphatic rings. The lowest BCUT2D eigenvalue weighted by molar-refractivity contribution is -0.0469. The number of phenols is 1. The second-order valence-corrected chi connectivity index (χ2v) is 6.38. The van der Waals surface area contributed by atoms with Crippen molar-refractivity contribution in [3.05, 3.63) is 41.5 Å². The van der Waals surface area contributed by atoms with Gasteiger partial charge in [-0.2, -0.15) is 0 Å². The minimum atomic E-state index is -1.32. The van der Waals surface area contributed by atoms with Crippen LogP contribution in [0.5, 0.6) is 5.75 Å². The van der Waals surface area contributed by atoms with E-state index in [2.05, 4.69) is 4.98 Å². The number of H-pyrrole nitrogens is 1.